The van der Waals surface area contributed by atoms with Crippen molar-refractivity contribution in [2.45, 2.75) is 13.0 Å². The van der Waals surface area contributed by atoms with Crippen LogP contribution >= 0.6 is 11.3 Å². The molecule has 6 nitrogen and oxygen atoms in total. The molecule has 0 aliphatic carbocycles. The molecule has 0 spiro atoms. The highest BCUT2D eigenvalue weighted by atomic mass is 32.1. The molecule has 2 aromatic carbocycles. The summed E-state index contributed by atoms with van der Waals surface area (Å²) in [5.74, 6) is -0.0472. The molecule has 5 aromatic rings. The number of imidazole rings is 1. The maximum atomic E-state index is 13.7. The number of nitrogens with one attached hydrogen (secondary N) is 1. The molecule has 0 fully saturated rings. The van der Waals surface area contributed by atoms with Crippen molar-refractivity contribution in [2.75, 3.05) is 5.32 Å². The van der Waals surface area contributed by atoms with E-state index in [0.29, 0.717) is 28.0 Å². The van der Waals surface area contributed by atoms with Gasteiger partial charge >= 0.3 is 6.55 Å². The van der Waals surface area contributed by atoms with Crippen LogP contribution in [-0.4, -0.2) is 25.4 Å². The summed E-state index contributed by atoms with van der Waals surface area (Å²) in [6.45, 7) is -2.72. The Morgan fingerprint density at radius 2 is 1.79 bits per heavy atom. The number of carbonyl (C=O) groups is 1. The third-order valence-corrected chi connectivity index (χ3v) is 5.91. The second-order valence-electron chi connectivity index (χ2n) is 7.23. The summed E-state index contributed by atoms with van der Waals surface area (Å²) in [7, 11) is 0. The highest BCUT2D eigenvalue weighted by Crippen LogP contribution is 2.30. The van der Waals surface area contributed by atoms with Crippen molar-refractivity contribution in [3.8, 4) is 22.1 Å². The minimum Gasteiger partial charge on any atom is -0.326 e. The number of rotatable bonds is 6. The molecule has 0 saturated carbocycles. The van der Waals surface area contributed by atoms with Gasteiger partial charge in [-0.2, -0.15) is 8.78 Å². The Kier molecular flexibility index (Phi) is 5.62. The van der Waals surface area contributed by atoms with Gasteiger partial charge in [-0.15, -0.1) is 11.3 Å². The first-order valence-electron chi connectivity index (χ1n) is 10.1. The van der Waals surface area contributed by atoms with Crippen LogP contribution in [0.5, 0.6) is 0 Å². The van der Waals surface area contributed by atoms with Crippen molar-refractivity contribution in [1.82, 2.24) is 19.5 Å². The van der Waals surface area contributed by atoms with Crippen molar-refractivity contribution < 1.29 is 13.6 Å². The molecule has 164 valence electrons. The first-order chi connectivity index (χ1) is 16.1. The van der Waals surface area contributed by atoms with E-state index >= 15 is 0 Å². The van der Waals surface area contributed by atoms with E-state index in [4.69, 9.17) is 0 Å². The minimum atomic E-state index is -2.72. The van der Waals surface area contributed by atoms with Gasteiger partial charge in [-0.25, -0.2) is 9.97 Å². The topological polar surface area (TPSA) is 72.7 Å². The normalized spacial score (nSPS) is 11.2. The van der Waals surface area contributed by atoms with Crippen molar-refractivity contribution in [3.63, 3.8) is 0 Å². The van der Waals surface area contributed by atoms with E-state index in [2.05, 4.69) is 20.3 Å². The van der Waals surface area contributed by atoms with E-state index in [9.17, 15) is 13.6 Å². The molecule has 0 aliphatic rings. The van der Waals surface area contributed by atoms with Crippen LogP contribution in [0.4, 0.5) is 14.5 Å². The Morgan fingerprint density at radius 1 is 1.00 bits per heavy atom. The second-order valence-corrected chi connectivity index (χ2v) is 8.09. The van der Waals surface area contributed by atoms with Crippen LogP contribution in [0.15, 0.2) is 78.3 Å². The highest BCUT2D eigenvalue weighted by molar-refractivity contribution is 7.13. The van der Waals surface area contributed by atoms with Gasteiger partial charge in [0.25, 0.3) is 0 Å². The van der Waals surface area contributed by atoms with E-state index < -0.39 is 6.55 Å². The summed E-state index contributed by atoms with van der Waals surface area (Å²) in [5.41, 5.74) is 3.37. The van der Waals surface area contributed by atoms with Gasteiger partial charge in [0.2, 0.25) is 5.91 Å². The van der Waals surface area contributed by atoms with Crippen LogP contribution in [0.2, 0.25) is 0 Å². The molecule has 0 radical (unpaired) electrons. The summed E-state index contributed by atoms with van der Waals surface area (Å²) in [5, 5.41) is 5.41. The van der Waals surface area contributed by atoms with Crippen LogP contribution in [0, 0.1) is 0 Å². The van der Waals surface area contributed by atoms with Gasteiger partial charge in [-0.05, 0) is 48.5 Å². The first kappa shape index (κ1) is 20.9. The molecule has 1 N–H and O–H groups in total. The fraction of sp³-hybridized carbons (Fsp3) is 0.0833. The number of anilines is 1. The molecule has 0 saturated heterocycles. The Morgan fingerprint density at radius 3 is 2.55 bits per heavy atom. The van der Waals surface area contributed by atoms with Gasteiger partial charge < -0.3 is 5.32 Å². The van der Waals surface area contributed by atoms with Crippen molar-refractivity contribution in [3.05, 3.63) is 84.0 Å². The molecule has 1 amide bonds. The van der Waals surface area contributed by atoms with Gasteiger partial charge in [0.05, 0.1) is 28.8 Å². The number of fused-ring (bicyclic) bond motifs is 1. The van der Waals surface area contributed by atoms with Crippen LogP contribution in [0.3, 0.4) is 0 Å². The summed E-state index contributed by atoms with van der Waals surface area (Å²) in [6.07, 6.45) is 1.81. The molecule has 5 rings (SSSR count). The molecule has 0 atom stereocenters. The van der Waals surface area contributed by atoms with Gasteiger partial charge in [0.1, 0.15) is 10.8 Å². The number of alkyl halides is 2. The van der Waals surface area contributed by atoms with E-state index in [1.165, 1.54) is 11.3 Å². The predicted molar refractivity (Wildman–Crippen MR) is 124 cm³/mol. The maximum Gasteiger partial charge on any atom is 0.320 e. The monoisotopic (exact) mass is 461 g/mol. The number of pyridine rings is 1. The Balaban J connectivity index is 1.30. The Bertz CT molecular complexity index is 1410. The third kappa shape index (κ3) is 4.35. The minimum absolute atomic E-state index is 0.117. The zero-order chi connectivity index (χ0) is 22.8. The second kappa shape index (κ2) is 8.87. The number of amides is 1. The number of carbonyl (C=O) groups excluding carboxylic acids is 1. The fourth-order valence-corrected chi connectivity index (χ4v) is 4.31. The summed E-state index contributed by atoms with van der Waals surface area (Å²) in [6, 6.07) is 19.0. The van der Waals surface area contributed by atoms with Crippen molar-refractivity contribution in [1.29, 1.82) is 0 Å². The average Bonchev–Trinajstić information content (AvgIpc) is 3.45. The third-order valence-electron chi connectivity index (χ3n) is 5.00. The maximum absolute atomic E-state index is 13.7. The molecular weight excluding hydrogens is 444 g/mol. The van der Waals surface area contributed by atoms with Gasteiger partial charge in [-0.3, -0.25) is 14.3 Å². The lowest BCUT2D eigenvalue weighted by molar-refractivity contribution is -0.115. The Labute approximate surface area is 191 Å². The number of nitrogens with zero attached hydrogens (tertiary/aromatic N) is 4. The molecule has 0 bridgehead atoms. The SMILES string of the molecule is O=C(Cc1csc(-c2ccccn2)n1)Nc1ccc(-c2nc3ccccc3n2C(F)F)cc1. The standard InChI is InChI=1S/C24H17F2N5OS/c25-24(26)31-20-7-2-1-5-18(20)30-22(31)15-8-10-16(11-9-15)28-21(32)13-17-14-33-23(29-17)19-6-3-4-12-27-19/h1-12,14,24H,13H2,(H,28,32). The average molecular weight is 461 g/mol. The smallest absolute Gasteiger partial charge is 0.320 e. The Hall–Kier alpha value is -3.98. The number of aromatic nitrogens is 4. The van der Waals surface area contributed by atoms with Crippen molar-refractivity contribution >= 4 is 34.0 Å². The van der Waals surface area contributed by atoms with Crippen LogP contribution in [-0.2, 0) is 11.2 Å². The van der Waals surface area contributed by atoms with E-state index in [1.807, 2.05) is 23.6 Å². The number of benzene rings is 2. The van der Waals surface area contributed by atoms with Crippen LogP contribution < -0.4 is 5.32 Å². The predicted octanol–water partition coefficient (Wildman–Crippen LogP) is 5.80. The quantitative estimate of drug-likeness (QED) is 0.347. The zero-order valence-electron chi connectivity index (χ0n) is 17.2. The van der Waals surface area contributed by atoms with Crippen LogP contribution in [0.1, 0.15) is 12.2 Å². The number of thiazole rings is 1. The molecule has 9 heteroatoms. The summed E-state index contributed by atoms with van der Waals surface area (Å²) in [4.78, 5) is 25.6. The lowest BCUT2D eigenvalue weighted by Crippen LogP contribution is -2.14. The molecule has 3 heterocycles. The summed E-state index contributed by atoms with van der Waals surface area (Å²) >= 11 is 1.43. The number of para-hydroxylation sites is 2. The van der Waals surface area contributed by atoms with E-state index in [0.717, 1.165) is 15.3 Å². The summed E-state index contributed by atoms with van der Waals surface area (Å²) < 4.78 is 28.3. The molecular formula is C24H17F2N5OS. The zero-order valence-corrected chi connectivity index (χ0v) is 18.0. The molecule has 3 aromatic heterocycles. The van der Waals surface area contributed by atoms with Gasteiger partial charge in [0, 0.05) is 22.8 Å². The largest absolute Gasteiger partial charge is 0.326 e. The molecule has 33 heavy (non-hydrogen) atoms. The van der Waals surface area contributed by atoms with Crippen LogP contribution in [0.25, 0.3) is 33.1 Å². The highest BCUT2D eigenvalue weighted by Gasteiger charge is 2.19. The van der Waals surface area contributed by atoms with E-state index in [-0.39, 0.29) is 18.2 Å². The fourth-order valence-electron chi connectivity index (χ4n) is 3.51. The van der Waals surface area contributed by atoms with E-state index in [1.54, 1.807) is 54.7 Å². The number of hydrogen-bond acceptors (Lipinski definition) is 5. The first-order valence-corrected chi connectivity index (χ1v) is 11.0. The van der Waals surface area contributed by atoms with Gasteiger partial charge in [0.15, 0.2) is 0 Å². The van der Waals surface area contributed by atoms with Crippen molar-refractivity contribution in [2.24, 2.45) is 0 Å². The lowest BCUT2D eigenvalue weighted by Gasteiger charge is -2.09. The van der Waals surface area contributed by atoms with Gasteiger partial charge in [-0.1, -0.05) is 18.2 Å². The number of halogens is 2. The number of hydrogen-bond donors (Lipinski definition) is 1. The lowest BCUT2D eigenvalue weighted by atomic mass is 10.2. The molecule has 0 unspecified atom stereocenters. The molecule has 0 aliphatic heterocycles.